The molecule has 0 amide bonds. The van der Waals surface area contributed by atoms with Gasteiger partial charge in [-0.1, -0.05) is 39.8 Å². The molecular weight excluding hydrogens is 267 g/mol. The summed E-state index contributed by atoms with van der Waals surface area (Å²) in [6.45, 7) is 0. The zero-order valence-corrected chi connectivity index (χ0v) is 10.4. The van der Waals surface area contributed by atoms with Gasteiger partial charge in [-0.25, -0.2) is 5.43 Å². The van der Waals surface area contributed by atoms with Crippen LogP contribution in [0.15, 0.2) is 23.6 Å². The monoisotopic (exact) mass is 274 g/mol. The highest BCUT2D eigenvalue weighted by Gasteiger charge is 2.19. The minimum absolute atomic E-state index is 0.301. The average Bonchev–Trinajstić information content (AvgIpc) is 2.79. The van der Waals surface area contributed by atoms with Gasteiger partial charge in [-0.3, -0.25) is 5.84 Å². The summed E-state index contributed by atoms with van der Waals surface area (Å²) in [7, 11) is 0. The van der Waals surface area contributed by atoms with E-state index in [2.05, 4.69) is 15.0 Å². The first-order valence-corrected chi connectivity index (χ1v) is 6.00. The number of halogens is 2. The molecule has 16 heavy (non-hydrogen) atoms. The van der Waals surface area contributed by atoms with Crippen molar-refractivity contribution in [2.45, 2.75) is 6.04 Å². The Labute approximate surface area is 107 Å². The lowest BCUT2D eigenvalue weighted by atomic mass is 10.1. The van der Waals surface area contributed by atoms with Gasteiger partial charge in [0, 0.05) is 5.38 Å². The van der Waals surface area contributed by atoms with Gasteiger partial charge in [-0.05, 0) is 23.2 Å². The van der Waals surface area contributed by atoms with E-state index in [1.54, 1.807) is 6.07 Å². The van der Waals surface area contributed by atoms with E-state index < -0.39 is 0 Å². The van der Waals surface area contributed by atoms with E-state index >= 15 is 0 Å². The molecule has 0 spiro atoms. The first-order chi connectivity index (χ1) is 7.74. The molecule has 3 N–H and O–H groups in total. The first-order valence-electron chi connectivity index (χ1n) is 4.41. The molecule has 2 aromatic rings. The summed E-state index contributed by atoms with van der Waals surface area (Å²) in [6.07, 6.45) is 0. The maximum absolute atomic E-state index is 6.11. The Kier molecular flexibility index (Phi) is 3.73. The van der Waals surface area contributed by atoms with Crippen molar-refractivity contribution in [3.05, 3.63) is 44.9 Å². The molecule has 0 aliphatic carbocycles. The summed E-state index contributed by atoms with van der Waals surface area (Å²) in [5.41, 5.74) is 4.15. The van der Waals surface area contributed by atoms with Crippen LogP contribution < -0.4 is 11.3 Å². The number of nitrogens with zero attached hydrogens (tertiary/aromatic N) is 2. The molecule has 84 valence electrons. The molecule has 0 aliphatic rings. The standard InChI is InChI=1S/C9H8Cl2N4S/c10-6-3-1-2-5(8(6)11)9(13-12)7-4-16-15-14-7/h1-4,9,13H,12H2. The zero-order valence-electron chi connectivity index (χ0n) is 8.02. The topological polar surface area (TPSA) is 63.8 Å². The molecule has 1 aromatic carbocycles. The van der Waals surface area contributed by atoms with Crippen LogP contribution >= 0.6 is 34.7 Å². The van der Waals surface area contributed by atoms with Gasteiger partial charge in [0.25, 0.3) is 0 Å². The number of hydrogen-bond donors (Lipinski definition) is 2. The molecule has 0 fully saturated rings. The van der Waals surface area contributed by atoms with Crippen LogP contribution in [0.3, 0.4) is 0 Å². The van der Waals surface area contributed by atoms with Crippen molar-refractivity contribution in [1.82, 2.24) is 15.0 Å². The lowest BCUT2D eigenvalue weighted by molar-refractivity contribution is 0.619. The van der Waals surface area contributed by atoms with Crippen molar-refractivity contribution >= 4 is 34.7 Å². The summed E-state index contributed by atoms with van der Waals surface area (Å²) in [4.78, 5) is 0. The zero-order chi connectivity index (χ0) is 11.5. The van der Waals surface area contributed by atoms with E-state index in [0.717, 1.165) is 11.3 Å². The molecule has 2 rings (SSSR count). The highest BCUT2D eigenvalue weighted by Crippen LogP contribution is 2.32. The highest BCUT2D eigenvalue weighted by atomic mass is 35.5. The molecule has 7 heteroatoms. The lowest BCUT2D eigenvalue weighted by Gasteiger charge is -2.15. The average molecular weight is 275 g/mol. The molecule has 0 bridgehead atoms. The number of aromatic nitrogens is 2. The van der Waals surface area contributed by atoms with Crippen molar-refractivity contribution in [2.24, 2.45) is 5.84 Å². The van der Waals surface area contributed by atoms with Crippen LogP contribution in [0, 0.1) is 0 Å². The fourth-order valence-corrected chi connectivity index (χ4v) is 2.27. The molecule has 0 saturated carbocycles. The predicted octanol–water partition coefficient (Wildman–Crippen LogP) is 2.40. The Balaban J connectivity index is 2.45. The maximum Gasteiger partial charge on any atom is 0.0983 e. The van der Waals surface area contributed by atoms with Gasteiger partial charge < -0.3 is 0 Å². The Morgan fingerprint density at radius 1 is 1.38 bits per heavy atom. The van der Waals surface area contributed by atoms with Crippen molar-refractivity contribution in [1.29, 1.82) is 0 Å². The predicted molar refractivity (Wildman–Crippen MR) is 65.5 cm³/mol. The molecule has 1 heterocycles. The van der Waals surface area contributed by atoms with E-state index in [9.17, 15) is 0 Å². The van der Waals surface area contributed by atoms with Crippen LogP contribution in [0.2, 0.25) is 10.0 Å². The van der Waals surface area contributed by atoms with E-state index in [1.807, 2.05) is 17.5 Å². The third kappa shape index (κ3) is 2.18. The van der Waals surface area contributed by atoms with Crippen molar-refractivity contribution in [3.63, 3.8) is 0 Å². The van der Waals surface area contributed by atoms with E-state index in [1.165, 1.54) is 11.5 Å². The smallest absolute Gasteiger partial charge is 0.0983 e. The summed E-state index contributed by atoms with van der Waals surface area (Å²) in [5.74, 6) is 5.50. The molecule has 4 nitrogen and oxygen atoms in total. The third-order valence-corrected chi connectivity index (χ3v) is 3.49. The summed E-state index contributed by atoms with van der Waals surface area (Å²) >= 11 is 13.3. The SMILES string of the molecule is NNC(c1csnn1)c1cccc(Cl)c1Cl. The number of hydrazine groups is 1. The van der Waals surface area contributed by atoms with E-state index in [0.29, 0.717) is 10.0 Å². The number of rotatable bonds is 3. The number of hydrogen-bond acceptors (Lipinski definition) is 5. The van der Waals surface area contributed by atoms with Gasteiger partial charge in [-0.15, -0.1) is 5.10 Å². The molecule has 1 unspecified atom stereocenters. The van der Waals surface area contributed by atoms with E-state index in [4.69, 9.17) is 29.0 Å². The third-order valence-electron chi connectivity index (χ3n) is 2.13. The van der Waals surface area contributed by atoms with Crippen LogP contribution in [-0.4, -0.2) is 9.59 Å². The quantitative estimate of drug-likeness (QED) is 0.667. The van der Waals surface area contributed by atoms with Gasteiger partial charge in [0.1, 0.15) is 0 Å². The van der Waals surface area contributed by atoms with Crippen molar-refractivity contribution < 1.29 is 0 Å². The molecule has 0 saturated heterocycles. The normalized spacial score (nSPS) is 12.7. The van der Waals surface area contributed by atoms with Gasteiger partial charge in [-0.2, -0.15) is 0 Å². The Morgan fingerprint density at radius 2 is 2.19 bits per heavy atom. The Morgan fingerprint density at radius 3 is 2.81 bits per heavy atom. The summed E-state index contributed by atoms with van der Waals surface area (Å²) in [6, 6.07) is 5.08. The minimum Gasteiger partial charge on any atom is -0.271 e. The van der Waals surface area contributed by atoms with Crippen molar-refractivity contribution in [3.8, 4) is 0 Å². The second kappa shape index (κ2) is 5.07. The molecule has 1 atom stereocenters. The van der Waals surface area contributed by atoms with Crippen LogP contribution in [0.1, 0.15) is 17.3 Å². The molecule has 1 aromatic heterocycles. The number of benzene rings is 1. The molecule has 0 aliphatic heterocycles. The second-order valence-electron chi connectivity index (χ2n) is 3.07. The van der Waals surface area contributed by atoms with E-state index in [-0.39, 0.29) is 6.04 Å². The Bertz CT molecular complexity index is 474. The fourth-order valence-electron chi connectivity index (χ4n) is 1.38. The lowest BCUT2D eigenvalue weighted by Crippen LogP contribution is -2.29. The second-order valence-corrected chi connectivity index (χ2v) is 4.47. The van der Waals surface area contributed by atoms with Crippen LogP contribution in [-0.2, 0) is 0 Å². The fraction of sp³-hybridized carbons (Fsp3) is 0.111. The largest absolute Gasteiger partial charge is 0.271 e. The van der Waals surface area contributed by atoms with Crippen LogP contribution in [0.25, 0.3) is 0 Å². The summed E-state index contributed by atoms with van der Waals surface area (Å²) < 4.78 is 3.79. The Hall–Kier alpha value is -0.720. The minimum atomic E-state index is -0.301. The van der Waals surface area contributed by atoms with Crippen molar-refractivity contribution in [2.75, 3.05) is 0 Å². The summed E-state index contributed by atoms with van der Waals surface area (Å²) in [5, 5.41) is 6.73. The van der Waals surface area contributed by atoms with Gasteiger partial charge in [0.15, 0.2) is 0 Å². The number of nitrogens with one attached hydrogen (secondary N) is 1. The van der Waals surface area contributed by atoms with Gasteiger partial charge >= 0.3 is 0 Å². The maximum atomic E-state index is 6.11. The van der Waals surface area contributed by atoms with Gasteiger partial charge in [0.05, 0.1) is 21.8 Å². The molecular formula is C9H8Cl2N4S. The number of nitrogens with two attached hydrogens (primary N) is 1. The van der Waals surface area contributed by atoms with Crippen LogP contribution in [0.5, 0.6) is 0 Å². The highest BCUT2D eigenvalue weighted by molar-refractivity contribution is 7.03. The van der Waals surface area contributed by atoms with Crippen LogP contribution in [0.4, 0.5) is 0 Å². The molecule has 0 radical (unpaired) electrons. The van der Waals surface area contributed by atoms with Gasteiger partial charge in [0.2, 0.25) is 0 Å². The first kappa shape index (κ1) is 11.8.